The zero-order chi connectivity index (χ0) is 15.1. The van der Waals surface area contributed by atoms with E-state index in [9.17, 15) is 4.21 Å². The fourth-order valence-electron chi connectivity index (χ4n) is 4.62. The van der Waals surface area contributed by atoms with Crippen LogP contribution in [0, 0.1) is 11.3 Å². The van der Waals surface area contributed by atoms with E-state index in [0.717, 1.165) is 30.9 Å². The lowest BCUT2D eigenvalue weighted by molar-refractivity contribution is 0.386. The second-order valence-electron chi connectivity index (χ2n) is 7.26. The number of fused-ring (bicyclic) bond motifs is 1. The minimum atomic E-state index is -0.806. The van der Waals surface area contributed by atoms with Crippen LogP contribution in [-0.2, 0) is 10.8 Å². The van der Waals surface area contributed by atoms with Crippen molar-refractivity contribution in [2.45, 2.75) is 74.5 Å². The number of alkyl halides is 1. The van der Waals surface area contributed by atoms with Gasteiger partial charge < -0.3 is 0 Å². The van der Waals surface area contributed by atoms with Crippen LogP contribution < -0.4 is 0 Å². The second-order valence-corrected chi connectivity index (χ2v) is 11.2. The third-order valence-corrected chi connectivity index (χ3v) is 8.26. The van der Waals surface area contributed by atoms with Gasteiger partial charge in [-0.15, -0.1) is 0 Å². The molecule has 2 saturated carbocycles. The van der Waals surface area contributed by atoms with Crippen LogP contribution in [0.25, 0.3) is 0 Å². The number of hydrogen-bond acceptors (Lipinski definition) is 1. The summed E-state index contributed by atoms with van der Waals surface area (Å²) >= 11 is 2.38. The third-order valence-electron chi connectivity index (χ3n) is 5.88. The summed E-state index contributed by atoms with van der Waals surface area (Å²) in [6.07, 6.45) is 12.7. The van der Waals surface area contributed by atoms with E-state index in [1.807, 2.05) is 6.92 Å². The van der Waals surface area contributed by atoms with Crippen LogP contribution in [0.3, 0.4) is 0 Å². The van der Waals surface area contributed by atoms with Crippen molar-refractivity contribution in [2.75, 3.05) is 5.75 Å². The topological polar surface area (TPSA) is 17.1 Å². The highest BCUT2D eigenvalue weighted by Gasteiger charge is 2.56. The largest absolute Gasteiger partial charge is 0.255 e. The lowest BCUT2D eigenvalue weighted by Gasteiger charge is -2.36. The van der Waals surface area contributed by atoms with Gasteiger partial charge in [0.05, 0.1) is 7.85 Å². The van der Waals surface area contributed by atoms with Crippen molar-refractivity contribution in [3.8, 4) is 0 Å². The molecule has 0 heterocycles. The Labute approximate surface area is 147 Å². The third kappa shape index (κ3) is 3.31. The molecule has 4 heteroatoms. The van der Waals surface area contributed by atoms with E-state index in [0.29, 0.717) is 5.41 Å². The van der Waals surface area contributed by atoms with E-state index in [-0.39, 0.29) is 3.32 Å². The first kappa shape index (κ1) is 16.5. The van der Waals surface area contributed by atoms with E-state index in [4.69, 9.17) is 7.85 Å². The minimum absolute atomic E-state index is 0.177. The van der Waals surface area contributed by atoms with Crippen molar-refractivity contribution >= 4 is 41.2 Å². The van der Waals surface area contributed by atoms with Gasteiger partial charge in [-0.05, 0) is 53.2 Å². The van der Waals surface area contributed by atoms with Gasteiger partial charge in [-0.1, -0.05) is 60.8 Å². The Hall–Kier alpha value is 0.685. The van der Waals surface area contributed by atoms with E-state index < -0.39 is 10.8 Å². The number of allylic oxidation sites excluding steroid dienone is 2. The summed E-state index contributed by atoms with van der Waals surface area (Å²) in [5.41, 5.74) is 2.03. The van der Waals surface area contributed by atoms with Crippen molar-refractivity contribution in [3.63, 3.8) is 0 Å². The molecule has 1 nitrogen and oxygen atoms in total. The van der Waals surface area contributed by atoms with Gasteiger partial charge in [0, 0.05) is 21.5 Å². The molecule has 0 aliphatic heterocycles. The van der Waals surface area contributed by atoms with Crippen molar-refractivity contribution < 1.29 is 4.21 Å². The molecule has 0 amide bonds. The summed E-state index contributed by atoms with van der Waals surface area (Å²) in [5, 5.41) is 0. The summed E-state index contributed by atoms with van der Waals surface area (Å²) in [7, 11) is 5.58. The fraction of sp³-hybridized carbons (Fsp3) is 0.882. The molecule has 0 aromatic heterocycles. The van der Waals surface area contributed by atoms with Crippen LogP contribution in [-0.4, -0.2) is 21.1 Å². The maximum absolute atomic E-state index is 12.6. The van der Waals surface area contributed by atoms with Crippen LogP contribution >= 0.6 is 22.6 Å². The molecule has 4 atom stereocenters. The molecule has 0 aromatic carbocycles. The highest BCUT2D eigenvalue weighted by Crippen LogP contribution is 2.66. The Morgan fingerprint density at radius 3 is 2.81 bits per heavy atom. The van der Waals surface area contributed by atoms with E-state index in [2.05, 4.69) is 22.6 Å². The Kier molecular flexibility index (Phi) is 4.96. The Bertz CT molecular complexity index is 473. The first-order chi connectivity index (χ1) is 9.98. The second kappa shape index (κ2) is 6.29. The van der Waals surface area contributed by atoms with Gasteiger partial charge in [-0.2, -0.15) is 0 Å². The van der Waals surface area contributed by atoms with Gasteiger partial charge in [-0.25, -0.2) is 0 Å². The van der Waals surface area contributed by atoms with Gasteiger partial charge in [0.1, 0.15) is 0 Å². The van der Waals surface area contributed by atoms with Crippen LogP contribution in [0.5, 0.6) is 0 Å². The van der Waals surface area contributed by atoms with Gasteiger partial charge in [0.25, 0.3) is 0 Å². The molecule has 0 saturated heterocycles. The predicted molar refractivity (Wildman–Crippen MR) is 100 cm³/mol. The summed E-state index contributed by atoms with van der Waals surface area (Å²) in [5.74, 6) is 1.63. The molecular formula is C17H26BIOS. The van der Waals surface area contributed by atoms with Gasteiger partial charge in [-0.3, -0.25) is 4.21 Å². The Balaban J connectivity index is 1.93. The lowest BCUT2D eigenvalue weighted by atomic mass is 9.71. The number of hydrogen-bond donors (Lipinski definition) is 0. The molecule has 0 N–H and O–H groups in total. The molecule has 3 rings (SSSR count). The predicted octanol–water partition coefficient (Wildman–Crippen LogP) is 4.85. The average molecular weight is 416 g/mol. The van der Waals surface area contributed by atoms with E-state index >= 15 is 0 Å². The molecule has 4 unspecified atom stereocenters. The fourth-order valence-corrected chi connectivity index (χ4v) is 6.88. The van der Waals surface area contributed by atoms with Crippen LogP contribution in [0.4, 0.5) is 0 Å². The zero-order valence-corrected chi connectivity index (χ0v) is 16.1. The Morgan fingerprint density at radius 2 is 2.05 bits per heavy atom. The van der Waals surface area contributed by atoms with Crippen LogP contribution in [0.15, 0.2) is 10.5 Å². The SMILES string of the molecule is [B]C1(I)CCC(C23CCCCCCC2C3)=C(S(=O)CC)C1. The number of rotatable bonds is 3. The first-order valence-electron chi connectivity index (χ1n) is 8.57. The smallest absolute Gasteiger partial charge is 0.0894 e. The van der Waals surface area contributed by atoms with E-state index in [1.165, 1.54) is 49.9 Å². The minimum Gasteiger partial charge on any atom is -0.255 e. The van der Waals surface area contributed by atoms with Crippen molar-refractivity contribution in [3.05, 3.63) is 10.5 Å². The molecule has 2 fully saturated rings. The molecule has 116 valence electrons. The Morgan fingerprint density at radius 1 is 1.29 bits per heavy atom. The van der Waals surface area contributed by atoms with Crippen molar-refractivity contribution in [1.29, 1.82) is 0 Å². The molecule has 3 aliphatic rings. The van der Waals surface area contributed by atoms with Crippen LogP contribution in [0.2, 0.25) is 0 Å². The van der Waals surface area contributed by atoms with Crippen LogP contribution in [0.1, 0.15) is 71.1 Å². The summed E-state index contributed by atoms with van der Waals surface area (Å²) < 4.78 is 12.4. The van der Waals surface area contributed by atoms with E-state index in [1.54, 1.807) is 5.57 Å². The molecule has 3 aliphatic carbocycles. The highest BCUT2D eigenvalue weighted by atomic mass is 127. The lowest BCUT2D eigenvalue weighted by Crippen LogP contribution is -2.30. The molecule has 0 spiro atoms. The zero-order valence-electron chi connectivity index (χ0n) is 13.1. The number of halogens is 1. The standard InChI is InChI=1S/C17H26BIOS/c1-2-21(20)15-12-17(18,19)10-8-14(15)16-9-6-4-3-5-7-13(16)11-16/h13H,2-12H2,1H3. The average Bonchev–Trinajstić information content (AvgIpc) is 3.10. The molecule has 0 bridgehead atoms. The highest BCUT2D eigenvalue weighted by molar-refractivity contribution is 14.1. The first-order valence-corrected chi connectivity index (χ1v) is 11.0. The quantitative estimate of drug-likeness (QED) is 0.365. The van der Waals surface area contributed by atoms with Gasteiger partial charge in [0.2, 0.25) is 0 Å². The summed E-state index contributed by atoms with van der Waals surface area (Å²) in [6, 6.07) is 0. The van der Waals surface area contributed by atoms with Gasteiger partial charge in [0.15, 0.2) is 0 Å². The summed E-state index contributed by atoms with van der Waals surface area (Å²) in [6.45, 7) is 2.04. The molecular weight excluding hydrogens is 390 g/mol. The van der Waals surface area contributed by atoms with Crippen molar-refractivity contribution in [1.82, 2.24) is 0 Å². The maximum Gasteiger partial charge on any atom is 0.0894 e. The van der Waals surface area contributed by atoms with Crippen molar-refractivity contribution in [2.24, 2.45) is 11.3 Å². The molecule has 2 radical (unpaired) electrons. The maximum atomic E-state index is 12.6. The van der Waals surface area contributed by atoms with Gasteiger partial charge >= 0.3 is 0 Å². The monoisotopic (exact) mass is 416 g/mol. The summed E-state index contributed by atoms with van der Waals surface area (Å²) in [4.78, 5) is 1.24. The molecule has 21 heavy (non-hydrogen) atoms. The molecule has 0 aromatic rings. The normalized spacial score (nSPS) is 41.9.